The van der Waals surface area contributed by atoms with E-state index in [4.69, 9.17) is 0 Å². The molecule has 1 rings (SSSR count). The quantitative estimate of drug-likeness (QED) is 0.758. The van der Waals surface area contributed by atoms with Crippen LogP contribution in [0, 0.1) is 17.8 Å². The first kappa shape index (κ1) is 19.1. The molecule has 1 heterocycles. The molecular formula is C15H34B3N3. The van der Waals surface area contributed by atoms with Crippen LogP contribution in [-0.4, -0.2) is 43.6 Å². The van der Waals surface area contributed by atoms with Crippen LogP contribution in [0.4, 0.5) is 0 Å². The summed E-state index contributed by atoms with van der Waals surface area (Å²) in [7, 11) is 4.36. The molecule has 1 aliphatic rings. The summed E-state index contributed by atoms with van der Waals surface area (Å²) in [6, 6.07) is 1.05. The van der Waals surface area contributed by atoms with Gasteiger partial charge in [0.05, 0.1) is 0 Å². The predicted octanol–water partition coefficient (Wildman–Crippen LogP) is 2.89. The van der Waals surface area contributed by atoms with E-state index in [1.54, 1.807) is 0 Å². The van der Waals surface area contributed by atoms with Gasteiger partial charge in [0.1, 0.15) is 0 Å². The van der Waals surface area contributed by atoms with E-state index in [2.05, 4.69) is 92.0 Å². The molecule has 0 aromatic rings. The van der Waals surface area contributed by atoms with Crippen LogP contribution >= 0.6 is 0 Å². The molecule has 1 aliphatic heterocycles. The standard InChI is InChI=1S/C15H34B3N3/c1-10(2)13(7)18-20(14(8)11(3)4)16-19-17-21(18)15(9)12(5)6/h10-15,19H,1-9H3. The summed E-state index contributed by atoms with van der Waals surface area (Å²) in [4.78, 5) is 0. The van der Waals surface area contributed by atoms with Gasteiger partial charge in [-0.25, -0.2) is 0 Å². The van der Waals surface area contributed by atoms with E-state index < -0.39 is 0 Å². The molecule has 0 aliphatic carbocycles. The second-order valence-electron chi connectivity index (χ2n) is 7.81. The Morgan fingerprint density at radius 3 is 1.33 bits per heavy atom. The van der Waals surface area contributed by atoms with Gasteiger partial charge in [-0.2, -0.15) is 0 Å². The van der Waals surface area contributed by atoms with E-state index in [1.165, 1.54) is 0 Å². The molecule has 2 radical (unpaired) electrons. The minimum Gasteiger partial charge on any atom is -0.379 e. The minimum absolute atomic E-state index is 0.432. The first-order chi connectivity index (χ1) is 9.68. The van der Waals surface area contributed by atoms with Crippen LogP contribution in [0.5, 0.6) is 0 Å². The maximum atomic E-state index is 3.38. The molecule has 0 aromatic carbocycles. The molecule has 0 amide bonds. The Bertz CT molecular complexity index is 291. The normalized spacial score (nSPS) is 22.4. The predicted molar refractivity (Wildman–Crippen MR) is 96.9 cm³/mol. The number of hydrogen-bond donors (Lipinski definition) is 1. The lowest BCUT2D eigenvalue weighted by molar-refractivity contribution is 0.305. The summed E-state index contributed by atoms with van der Waals surface area (Å²) in [5.41, 5.74) is 0. The van der Waals surface area contributed by atoms with Gasteiger partial charge >= 0.3 is 0 Å². The highest BCUT2D eigenvalue weighted by Crippen LogP contribution is 2.30. The fraction of sp³-hybridized carbons (Fsp3) is 1.00. The van der Waals surface area contributed by atoms with E-state index in [-0.39, 0.29) is 0 Å². The summed E-state index contributed by atoms with van der Waals surface area (Å²) >= 11 is 0. The van der Waals surface area contributed by atoms with Crippen molar-refractivity contribution in [3.63, 3.8) is 0 Å². The number of nitrogens with one attached hydrogen (secondary N) is 1. The lowest BCUT2D eigenvalue weighted by atomic mass is 9.47. The van der Waals surface area contributed by atoms with Crippen LogP contribution in [0.25, 0.3) is 0 Å². The molecule has 1 fully saturated rings. The summed E-state index contributed by atoms with van der Waals surface area (Å²) in [6.07, 6.45) is 0. The maximum Gasteiger partial charge on any atom is 0.293 e. The van der Waals surface area contributed by atoms with Gasteiger partial charge in [-0.15, -0.1) is 0 Å². The third-order valence-corrected chi connectivity index (χ3v) is 5.45. The zero-order chi connectivity index (χ0) is 16.3. The monoisotopic (exact) mass is 289 g/mol. The largest absolute Gasteiger partial charge is 0.379 e. The van der Waals surface area contributed by atoms with Gasteiger partial charge in [0.2, 0.25) is 0 Å². The van der Waals surface area contributed by atoms with Crippen LogP contribution < -0.4 is 5.14 Å². The Morgan fingerprint density at radius 1 is 0.667 bits per heavy atom. The van der Waals surface area contributed by atoms with Crippen molar-refractivity contribution in [2.45, 2.75) is 80.2 Å². The van der Waals surface area contributed by atoms with Crippen molar-refractivity contribution in [2.75, 3.05) is 0 Å². The molecular weight excluding hydrogens is 255 g/mol. The molecule has 0 saturated carbocycles. The lowest BCUT2D eigenvalue weighted by Crippen LogP contribution is -2.72. The van der Waals surface area contributed by atoms with Gasteiger partial charge < -0.3 is 14.6 Å². The second-order valence-corrected chi connectivity index (χ2v) is 7.81. The fourth-order valence-corrected chi connectivity index (χ4v) is 2.80. The smallest absolute Gasteiger partial charge is 0.293 e. The van der Waals surface area contributed by atoms with Crippen LogP contribution in [0.3, 0.4) is 0 Å². The van der Waals surface area contributed by atoms with Crippen molar-refractivity contribution in [3.8, 4) is 0 Å². The summed E-state index contributed by atoms with van der Waals surface area (Å²) in [5, 5.41) is 3.38. The highest BCUT2D eigenvalue weighted by atomic mass is 15.3. The van der Waals surface area contributed by atoms with Gasteiger partial charge in [-0.1, -0.05) is 62.3 Å². The lowest BCUT2D eigenvalue weighted by Gasteiger charge is -2.51. The van der Waals surface area contributed by atoms with E-state index in [0.29, 0.717) is 42.6 Å². The van der Waals surface area contributed by atoms with Gasteiger partial charge in [0.25, 0.3) is 22.1 Å². The molecule has 3 nitrogen and oxygen atoms in total. The maximum absolute atomic E-state index is 3.38. The molecule has 1 saturated heterocycles. The van der Waals surface area contributed by atoms with Crippen molar-refractivity contribution in [1.82, 2.24) is 14.6 Å². The van der Waals surface area contributed by atoms with Crippen molar-refractivity contribution in [2.24, 2.45) is 17.8 Å². The molecule has 21 heavy (non-hydrogen) atoms. The van der Waals surface area contributed by atoms with Gasteiger partial charge in [0, 0.05) is 0 Å². The molecule has 6 heteroatoms. The molecule has 3 atom stereocenters. The van der Waals surface area contributed by atoms with Crippen LogP contribution in [0.1, 0.15) is 62.3 Å². The van der Waals surface area contributed by atoms with Crippen molar-refractivity contribution < 1.29 is 0 Å². The zero-order valence-corrected chi connectivity index (χ0v) is 15.6. The molecule has 0 bridgehead atoms. The minimum atomic E-state index is 0.432. The Balaban J connectivity index is 3.06. The molecule has 1 N–H and O–H groups in total. The Labute approximate surface area is 135 Å². The molecule has 0 spiro atoms. The van der Waals surface area contributed by atoms with Crippen LogP contribution in [0.2, 0.25) is 5.82 Å². The Kier molecular flexibility index (Phi) is 7.35. The Morgan fingerprint density at radius 2 is 1.05 bits per heavy atom. The number of rotatable bonds is 6. The van der Waals surface area contributed by atoms with Crippen LogP contribution in [-0.2, 0) is 0 Å². The third-order valence-electron chi connectivity index (χ3n) is 5.45. The van der Waals surface area contributed by atoms with Gasteiger partial charge in [0.15, 0.2) is 0 Å². The van der Waals surface area contributed by atoms with E-state index >= 15 is 0 Å². The first-order valence-corrected chi connectivity index (χ1v) is 8.66. The highest BCUT2D eigenvalue weighted by molar-refractivity contribution is 6.75. The summed E-state index contributed by atoms with van der Waals surface area (Å²) < 4.78 is 5.07. The fourth-order valence-electron chi connectivity index (χ4n) is 2.80. The van der Waals surface area contributed by atoms with Gasteiger partial charge in [-0.05, 0) is 35.7 Å². The zero-order valence-electron chi connectivity index (χ0n) is 15.6. The molecule has 118 valence electrons. The number of nitrogens with zero attached hydrogens (tertiary/aromatic N) is 2. The Hall–Kier alpha value is 0.0748. The number of hydrogen-bond acceptors (Lipinski definition) is 3. The summed E-state index contributed by atoms with van der Waals surface area (Å²) in [6.45, 7) is 21.4. The van der Waals surface area contributed by atoms with Crippen molar-refractivity contribution in [1.29, 1.82) is 0 Å². The first-order valence-electron chi connectivity index (χ1n) is 8.66. The SMILES string of the molecule is CC(C)C(C)B1N(C(C)C(C)C)[B]N[B]N1C(C)C(C)C. The van der Waals surface area contributed by atoms with Gasteiger partial charge in [-0.3, -0.25) is 0 Å². The van der Waals surface area contributed by atoms with E-state index in [0.717, 1.165) is 0 Å². The molecule has 0 aromatic heterocycles. The third kappa shape index (κ3) is 4.52. The topological polar surface area (TPSA) is 18.5 Å². The average molecular weight is 289 g/mol. The summed E-state index contributed by atoms with van der Waals surface area (Å²) in [5.74, 6) is 2.55. The van der Waals surface area contributed by atoms with Crippen molar-refractivity contribution >= 4 is 22.1 Å². The second kappa shape index (κ2) is 8.08. The highest BCUT2D eigenvalue weighted by Gasteiger charge is 2.44. The van der Waals surface area contributed by atoms with Crippen LogP contribution in [0.15, 0.2) is 0 Å². The van der Waals surface area contributed by atoms with E-state index in [9.17, 15) is 0 Å². The molecule has 3 unspecified atom stereocenters. The van der Waals surface area contributed by atoms with E-state index in [1.807, 2.05) is 0 Å². The van der Waals surface area contributed by atoms with Crippen molar-refractivity contribution in [3.05, 3.63) is 0 Å². The average Bonchev–Trinajstić information content (AvgIpc) is 2.43.